The van der Waals surface area contributed by atoms with Gasteiger partial charge >= 0.3 is 0 Å². The topological polar surface area (TPSA) is 23.5 Å². The summed E-state index contributed by atoms with van der Waals surface area (Å²) in [6.07, 6.45) is 2.40. The van der Waals surface area contributed by atoms with Gasteiger partial charge in [0.2, 0.25) is 0 Å². The van der Waals surface area contributed by atoms with E-state index >= 15 is 0 Å². The zero-order valence-electron chi connectivity index (χ0n) is 13.2. The Labute approximate surface area is 132 Å². The van der Waals surface area contributed by atoms with Crippen LogP contribution in [-0.4, -0.2) is 18.2 Å². The third-order valence-electron chi connectivity index (χ3n) is 3.49. The van der Waals surface area contributed by atoms with Gasteiger partial charge in [0.1, 0.15) is 0 Å². The number of aliphatic hydroxyl groups is 1. The fourth-order valence-corrected chi connectivity index (χ4v) is 2.76. The zero-order valence-corrected chi connectivity index (χ0v) is 14.8. The lowest BCUT2D eigenvalue weighted by atomic mass is 10.1. The average Bonchev–Trinajstić information content (AvgIpc) is 2.39. The van der Waals surface area contributed by atoms with Crippen LogP contribution in [0.1, 0.15) is 46.1 Å². The Morgan fingerprint density at radius 2 is 1.60 bits per heavy atom. The minimum absolute atomic E-state index is 0.0941. The SMILES string of the molecule is CC(C)CCN(CCC(C)C)c1ccc(CO)cc1Br. The molecule has 0 amide bonds. The maximum Gasteiger partial charge on any atom is 0.0682 e. The van der Waals surface area contributed by atoms with Crippen molar-refractivity contribution in [2.75, 3.05) is 18.0 Å². The molecule has 114 valence electrons. The summed E-state index contributed by atoms with van der Waals surface area (Å²) in [4.78, 5) is 2.46. The van der Waals surface area contributed by atoms with Gasteiger partial charge in [-0.15, -0.1) is 0 Å². The molecule has 1 aromatic rings. The van der Waals surface area contributed by atoms with E-state index in [1.54, 1.807) is 0 Å². The number of nitrogens with zero attached hydrogens (tertiary/aromatic N) is 1. The standard InChI is InChI=1S/C17H28BrNO/c1-13(2)7-9-19(10-8-14(3)4)17-6-5-15(12-20)11-16(17)18/h5-6,11,13-14,20H,7-10,12H2,1-4H3. The molecule has 0 radical (unpaired) electrons. The Bertz CT molecular complexity index is 392. The fourth-order valence-electron chi connectivity index (χ4n) is 2.09. The molecule has 0 unspecified atom stereocenters. The lowest BCUT2D eigenvalue weighted by molar-refractivity contribution is 0.282. The van der Waals surface area contributed by atoms with Gasteiger partial charge in [-0.25, -0.2) is 0 Å². The lowest BCUT2D eigenvalue weighted by Gasteiger charge is -2.28. The second-order valence-electron chi connectivity index (χ2n) is 6.30. The minimum Gasteiger partial charge on any atom is -0.392 e. The highest BCUT2D eigenvalue weighted by atomic mass is 79.9. The number of hydrogen-bond acceptors (Lipinski definition) is 2. The highest BCUT2D eigenvalue weighted by Gasteiger charge is 2.12. The molecule has 0 bridgehead atoms. The van der Waals surface area contributed by atoms with E-state index in [1.807, 2.05) is 12.1 Å². The Kier molecular flexibility index (Phi) is 7.60. The summed E-state index contributed by atoms with van der Waals surface area (Å²) in [6.45, 7) is 11.3. The molecular formula is C17H28BrNO. The van der Waals surface area contributed by atoms with Crippen LogP contribution in [0.15, 0.2) is 22.7 Å². The van der Waals surface area contributed by atoms with Crippen molar-refractivity contribution in [1.82, 2.24) is 0 Å². The molecule has 0 aliphatic heterocycles. The fraction of sp³-hybridized carbons (Fsp3) is 0.647. The molecule has 2 nitrogen and oxygen atoms in total. The van der Waals surface area contributed by atoms with E-state index in [9.17, 15) is 5.11 Å². The third kappa shape index (κ3) is 5.84. The van der Waals surface area contributed by atoms with E-state index in [0.717, 1.165) is 23.1 Å². The van der Waals surface area contributed by atoms with Gasteiger partial charge in [0.25, 0.3) is 0 Å². The molecule has 0 aliphatic carbocycles. The van der Waals surface area contributed by atoms with E-state index in [-0.39, 0.29) is 6.61 Å². The van der Waals surface area contributed by atoms with E-state index in [4.69, 9.17) is 0 Å². The highest BCUT2D eigenvalue weighted by molar-refractivity contribution is 9.10. The molecule has 1 rings (SSSR count). The molecular weight excluding hydrogens is 314 g/mol. The van der Waals surface area contributed by atoms with Gasteiger partial charge in [0, 0.05) is 17.6 Å². The van der Waals surface area contributed by atoms with Crippen molar-refractivity contribution in [1.29, 1.82) is 0 Å². The Morgan fingerprint density at radius 1 is 1.05 bits per heavy atom. The predicted molar refractivity (Wildman–Crippen MR) is 91.2 cm³/mol. The van der Waals surface area contributed by atoms with Crippen LogP contribution in [0.2, 0.25) is 0 Å². The first-order chi connectivity index (χ1) is 9.43. The first kappa shape index (κ1) is 17.5. The number of hydrogen-bond donors (Lipinski definition) is 1. The van der Waals surface area contributed by atoms with Gasteiger partial charge in [-0.3, -0.25) is 0 Å². The van der Waals surface area contributed by atoms with Crippen molar-refractivity contribution >= 4 is 21.6 Å². The van der Waals surface area contributed by atoms with Crippen LogP contribution < -0.4 is 4.90 Å². The summed E-state index contributed by atoms with van der Waals surface area (Å²) in [5.41, 5.74) is 2.19. The van der Waals surface area contributed by atoms with E-state index < -0.39 is 0 Å². The third-order valence-corrected chi connectivity index (χ3v) is 4.12. The van der Waals surface area contributed by atoms with E-state index in [2.05, 4.69) is 54.6 Å². The molecule has 0 atom stereocenters. The van der Waals surface area contributed by atoms with Gasteiger partial charge in [0.05, 0.1) is 12.3 Å². The zero-order chi connectivity index (χ0) is 15.1. The summed E-state index contributed by atoms with van der Waals surface area (Å²) in [5, 5.41) is 9.21. The summed E-state index contributed by atoms with van der Waals surface area (Å²) >= 11 is 3.65. The Morgan fingerprint density at radius 3 is 2.00 bits per heavy atom. The Balaban J connectivity index is 2.84. The number of halogens is 1. The van der Waals surface area contributed by atoms with Crippen molar-refractivity contribution < 1.29 is 5.11 Å². The molecule has 20 heavy (non-hydrogen) atoms. The van der Waals surface area contributed by atoms with Gasteiger partial charge in [-0.1, -0.05) is 33.8 Å². The maximum atomic E-state index is 9.21. The minimum atomic E-state index is 0.0941. The molecule has 1 N–H and O–H groups in total. The maximum absolute atomic E-state index is 9.21. The van der Waals surface area contributed by atoms with Crippen molar-refractivity contribution in [3.63, 3.8) is 0 Å². The smallest absolute Gasteiger partial charge is 0.0682 e. The highest BCUT2D eigenvalue weighted by Crippen LogP contribution is 2.28. The number of benzene rings is 1. The van der Waals surface area contributed by atoms with Crippen molar-refractivity contribution in [3.8, 4) is 0 Å². The van der Waals surface area contributed by atoms with Gasteiger partial charge < -0.3 is 10.0 Å². The normalized spacial score (nSPS) is 11.4. The molecule has 0 heterocycles. The lowest BCUT2D eigenvalue weighted by Crippen LogP contribution is -2.27. The molecule has 0 fully saturated rings. The molecule has 0 saturated heterocycles. The van der Waals surface area contributed by atoms with Crippen LogP contribution in [-0.2, 0) is 6.61 Å². The van der Waals surface area contributed by atoms with Gasteiger partial charge in [-0.05, 0) is 58.3 Å². The van der Waals surface area contributed by atoms with Crippen LogP contribution >= 0.6 is 15.9 Å². The quantitative estimate of drug-likeness (QED) is 0.731. The molecule has 1 aromatic carbocycles. The van der Waals surface area contributed by atoms with E-state index in [0.29, 0.717) is 11.8 Å². The van der Waals surface area contributed by atoms with Gasteiger partial charge in [0.15, 0.2) is 0 Å². The molecule has 0 saturated carbocycles. The largest absolute Gasteiger partial charge is 0.392 e. The van der Waals surface area contributed by atoms with Crippen LogP contribution in [0.25, 0.3) is 0 Å². The average molecular weight is 342 g/mol. The van der Waals surface area contributed by atoms with Gasteiger partial charge in [-0.2, -0.15) is 0 Å². The Hall–Kier alpha value is -0.540. The van der Waals surface area contributed by atoms with Crippen molar-refractivity contribution in [3.05, 3.63) is 28.2 Å². The van der Waals surface area contributed by atoms with Crippen LogP contribution in [0.5, 0.6) is 0 Å². The summed E-state index contributed by atoms with van der Waals surface area (Å²) < 4.78 is 1.08. The predicted octanol–water partition coefficient (Wildman–Crippen LogP) is 4.84. The summed E-state index contributed by atoms with van der Waals surface area (Å²) in [7, 11) is 0. The molecule has 3 heteroatoms. The van der Waals surface area contributed by atoms with Crippen molar-refractivity contribution in [2.24, 2.45) is 11.8 Å². The molecule has 0 aliphatic rings. The number of rotatable bonds is 8. The number of anilines is 1. The molecule has 0 aromatic heterocycles. The monoisotopic (exact) mass is 341 g/mol. The summed E-state index contributed by atoms with van der Waals surface area (Å²) in [6, 6.07) is 6.15. The first-order valence-corrected chi connectivity index (χ1v) is 8.37. The second-order valence-corrected chi connectivity index (χ2v) is 7.15. The second kappa shape index (κ2) is 8.68. The first-order valence-electron chi connectivity index (χ1n) is 7.58. The van der Waals surface area contributed by atoms with Crippen LogP contribution in [0.4, 0.5) is 5.69 Å². The van der Waals surface area contributed by atoms with Crippen LogP contribution in [0, 0.1) is 11.8 Å². The van der Waals surface area contributed by atoms with E-state index in [1.165, 1.54) is 18.5 Å². The summed E-state index contributed by atoms with van der Waals surface area (Å²) in [5.74, 6) is 1.43. The number of aliphatic hydroxyl groups excluding tert-OH is 1. The molecule has 0 spiro atoms. The van der Waals surface area contributed by atoms with Crippen molar-refractivity contribution in [2.45, 2.75) is 47.1 Å². The van der Waals surface area contributed by atoms with Crippen LogP contribution in [0.3, 0.4) is 0 Å².